The SMILES string of the molecule is [CH2]C(C)(C)NCCCCC. The van der Waals surface area contributed by atoms with E-state index in [4.69, 9.17) is 0 Å². The van der Waals surface area contributed by atoms with Gasteiger partial charge in [0.2, 0.25) is 0 Å². The van der Waals surface area contributed by atoms with Gasteiger partial charge in [-0.15, -0.1) is 0 Å². The van der Waals surface area contributed by atoms with Gasteiger partial charge in [0.1, 0.15) is 0 Å². The molecule has 1 heteroatoms. The van der Waals surface area contributed by atoms with Crippen molar-refractivity contribution >= 4 is 0 Å². The third kappa shape index (κ3) is 7.96. The van der Waals surface area contributed by atoms with Crippen LogP contribution in [-0.2, 0) is 0 Å². The highest BCUT2D eigenvalue weighted by atomic mass is 14.9. The summed E-state index contributed by atoms with van der Waals surface area (Å²) in [5.74, 6) is 0. The van der Waals surface area contributed by atoms with Crippen molar-refractivity contribution in [1.29, 1.82) is 0 Å². The van der Waals surface area contributed by atoms with Gasteiger partial charge in [-0.1, -0.05) is 19.8 Å². The van der Waals surface area contributed by atoms with Gasteiger partial charge in [0.15, 0.2) is 0 Å². The number of nitrogens with one attached hydrogen (secondary N) is 1. The Hall–Kier alpha value is -0.0400. The van der Waals surface area contributed by atoms with Gasteiger partial charge in [-0.05, 0) is 33.7 Å². The van der Waals surface area contributed by atoms with Crippen molar-refractivity contribution in [3.8, 4) is 0 Å². The molecule has 0 aromatic rings. The Labute approximate surface area is 65.2 Å². The maximum atomic E-state index is 3.96. The Bertz CT molecular complexity index is 71.3. The van der Waals surface area contributed by atoms with Crippen LogP contribution in [0.4, 0.5) is 0 Å². The molecule has 0 amide bonds. The summed E-state index contributed by atoms with van der Waals surface area (Å²) in [5, 5.41) is 3.35. The molecule has 1 N–H and O–H groups in total. The van der Waals surface area contributed by atoms with Crippen molar-refractivity contribution in [2.24, 2.45) is 0 Å². The Morgan fingerprint density at radius 2 is 1.90 bits per heavy atom. The third-order valence-corrected chi connectivity index (χ3v) is 1.38. The topological polar surface area (TPSA) is 12.0 Å². The van der Waals surface area contributed by atoms with Crippen LogP contribution in [0.25, 0.3) is 0 Å². The van der Waals surface area contributed by atoms with Crippen LogP contribution in [-0.4, -0.2) is 12.1 Å². The summed E-state index contributed by atoms with van der Waals surface area (Å²) in [6, 6.07) is 0. The second-order valence-electron chi connectivity index (χ2n) is 3.52. The van der Waals surface area contributed by atoms with Crippen LogP contribution < -0.4 is 5.32 Å². The molecule has 1 nitrogen and oxygen atoms in total. The summed E-state index contributed by atoms with van der Waals surface area (Å²) in [5.41, 5.74) is 0.0493. The molecule has 1 radical (unpaired) electrons. The second-order valence-corrected chi connectivity index (χ2v) is 3.52. The van der Waals surface area contributed by atoms with Gasteiger partial charge in [-0.25, -0.2) is 0 Å². The smallest absolute Gasteiger partial charge is 0.0125 e. The van der Waals surface area contributed by atoms with Crippen molar-refractivity contribution in [2.45, 2.75) is 45.6 Å². The number of rotatable bonds is 5. The van der Waals surface area contributed by atoms with E-state index in [2.05, 4.69) is 33.0 Å². The minimum atomic E-state index is 0.0493. The van der Waals surface area contributed by atoms with E-state index in [9.17, 15) is 0 Å². The predicted molar refractivity (Wildman–Crippen MR) is 47.0 cm³/mol. The average Bonchev–Trinajstić information content (AvgIpc) is 1.78. The molecule has 0 aromatic heterocycles. The molecule has 0 aliphatic rings. The third-order valence-electron chi connectivity index (χ3n) is 1.38. The van der Waals surface area contributed by atoms with Crippen molar-refractivity contribution in [3.05, 3.63) is 6.92 Å². The Balaban J connectivity index is 3.04. The van der Waals surface area contributed by atoms with E-state index in [-0.39, 0.29) is 5.54 Å². The highest BCUT2D eigenvalue weighted by Gasteiger charge is 2.06. The van der Waals surface area contributed by atoms with E-state index in [1.54, 1.807) is 0 Å². The zero-order chi connectivity index (χ0) is 8.04. The van der Waals surface area contributed by atoms with Crippen LogP contribution in [0.15, 0.2) is 0 Å². The lowest BCUT2D eigenvalue weighted by molar-refractivity contribution is 0.459. The second kappa shape index (κ2) is 4.73. The molecule has 0 saturated heterocycles. The summed E-state index contributed by atoms with van der Waals surface area (Å²) in [6.07, 6.45) is 3.89. The minimum Gasteiger partial charge on any atom is -0.312 e. The monoisotopic (exact) mass is 142 g/mol. The summed E-state index contributed by atoms with van der Waals surface area (Å²) >= 11 is 0. The van der Waals surface area contributed by atoms with Gasteiger partial charge < -0.3 is 5.32 Å². The molecule has 0 rings (SSSR count). The number of hydrogen-bond donors (Lipinski definition) is 1. The van der Waals surface area contributed by atoms with Crippen molar-refractivity contribution in [1.82, 2.24) is 5.32 Å². The first-order valence-corrected chi connectivity index (χ1v) is 4.16. The molecular formula is C9H20N. The van der Waals surface area contributed by atoms with E-state index < -0.39 is 0 Å². The zero-order valence-electron chi connectivity index (χ0n) is 7.54. The van der Waals surface area contributed by atoms with Crippen molar-refractivity contribution < 1.29 is 0 Å². The van der Waals surface area contributed by atoms with E-state index in [1.165, 1.54) is 19.3 Å². The quantitative estimate of drug-likeness (QED) is 0.581. The van der Waals surface area contributed by atoms with Gasteiger partial charge in [0.05, 0.1) is 0 Å². The van der Waals surface area contributed by atoms with Crippen molar-refractivity contribution in [2.75, 3.05) is 6.54 Å². The predicted octanol–water partition coefficient (Wildman–Crippen LogP) is 2.38. The maximum absolute atomic E-state index is 3.96. The van der Waals surface area contributed by atoms with Crippen LogP contribution in [0.2, 0.25) is 0 Å². The van der Waals surface area contributed by atoms with Crippen LogP contribution in [0.1, 0.15) is 40.0 Å². The standard InChI is InChI=1S/C9H20N/c1-5-6-7-8-10-9(2,3)4/h10H,2,5-8H2,1,3-4H3. The van der Waals surface area contributed by atoms with E-state index in [1.807, 2.05) is 0 Å². The first kappa shape index (κ1) is 9.96. The minimum absolute atomic E-state index is 0.0493. The number of hydrogen-bond acceptors (Lipinski definition) is 1. The molecule has 10 heavy (non-hydrogen) atoms. The summed E-state index contributed by atoms with van der Waals surface area (Å²) in [6.45, 7) is 11.5. The van der Waals surface area contributed by atoms with Crippen LogP contribution in [0.5, 0.6) is 0 Å². The molecule has 0 aliphatic carbocycles. The van der Waals surface area contributed by atoms with Crippen LogP contribution in [0.3, 0.4) is 0 Å². The normalized spacial score (nSPS) is 12.0. The van der Waals surface area contributed by atoms with Gasteiger partial charge >= 0.3 is 0 Å². The molecular weight excluding hydrogens is 122 g/mol. The average molecular weight is 142 g/mol. The lowest BCUT2D eigenvalue weighted by Crippen LogP contribution is -2.36. The van der Waals surface area contributed by atoms with Gasteiger partial charge in [-0.2, -0.15) is 0 Å². The molecule has 0 heterocycles. The van der Waals surface area contributed by atoms with E-state index >= 15 is 0 Å². The van der Waals surface area contributed by atoms with E-state index in [0.29, 0.717) is 0 Å². The number of unbranched alkanes of at least 4 members (excludes halogenated alkanes) is 2. The molecule has 0 fully saturated rings. The molecule has 0 aliphatic heterocycles. The van der Waals surface area contributed by atoms with Crippen molar-refractivity contribution in [3.63, 3.8) is 0 Å². The van der Waals surface area contributed by atoms with Crippen LogP contribution in [0, 0.1) is 6.92 Å². The molecule has 0 atom stereocenters. The zero-order valence-corrected chi connectivity index (χ0v) is 7.54. The molecule has 0 unspecified atom stereocenters. The highest BCUT2D eigenvalue weighted by molar-refractivity contribution is 4.78. The Morgan fingerprint density at radius 1 is 1.30 bits per heavy atom. The Morgan fingerprint density at radius 3 is 2.30 bits per heavy atom. The first-order valence-electron chi connectivity index (χ1n) is 4.16. The summed E-state index contributed by atoms with van der Waals surface area (Å²) in [7, 11) is 0. The van der Waals surface area contributed by atoms with Crippen LogP contribution >= 0.6 is 0 Å². The molecule has 0 bridgehead atoms. The van der Waals surface area contributed by atoms with Gasteiger partial charge in [0, 0.05) is 5.54 Å². The molecule has 0 saturated carbocycles. The fourth-order valence-electron chi connectivity index (χ4n) is 0.802. The fourth-order valence-corrected chi connectivity index (χ4v) is 0.802. The first-order chi connectivity index (χ1) is 4.56. The summed E-state index contributed by atoms with van der Waals surface area (Å²) in [4.78, 5) is 0. The lowest BCUT2D eigenvalue weighted by Gasteiger charge is -2.19. The van der Waals surface area contributed by atoms with E-state index in [0.717, 1.165) is 6.54 Å². The Kier molecular flexibility index (Phi) is 4.71. The van der Waals surface area contributed by atoms with Gasteiger partial charge in [-0.3, -0.25) is 0 Å². The molecule has 0 aromatic carbocycles. The van der Waals surface area contributed by atoms with Gasteiger partial charge in [0.25, 0.3) is 0 Å². The summed E-state index contributed by atoms with van der Waals surface area (Å²) < 4.78 is 0. The fraction of sp³-hybridized carbons (Fsp3) is 0.889. The highest BCUT2D eigenvalue weighted by Crippen LogP contribution is 1.99. The molecule has 61 valence electrons. The molecule has 0 spiro atoms. The largest absolute Gasteiger partial charge is 0.312 e. The lowest BCUT2D eigenvalue weighted by atomic mass is 10.1. The maximum Gasteiger partial charge on any atom is 0.0125 e.